The molecule has 0 saturated carbocycles. The van der Waals surface area contributed by atoms with Crippen LogP contribution in [0.5, 0.6) is 0 Å². The third-order valence-corrected chi connectivity index (χ3v) is 2.05. The van der Waals surface area contributed by atoms with E-state index in [0.717, 1.165) is 0 Å². The zero-order valence-corrected chi connectivity index (χ0v) is 5.87. The van der Waals surface area contributed by atoms with Crippen LogP contribution < -0.4 is 17.7 Å². The first-order chi connectivity index (χ1) is 4.24. The molecule has 0 aliphatic rings. The highest BCUT2D eigenvalue weighted by molar-refractivity contribution is 6.52. The van der Waals surface area contributed by atoms with Crippen LogP contribution in [0.3, 0.4) is 0 Å². The van der Waals surface area contributed by atoms with Crippen molar-refractivity contribution in [3.05, 3.63) is 0 Å². The monoisotopic (exact) mass is 155 g/mol. The summed E-state index contributed by atoms with van der Waals surface area (Å²) in [5, 5.41) is 0. The highest BCUT2D eigenvalue weighted by Gasteiger charge is 2.44. The predicted octanol–water partition coefficient (Wildman–Crippen LogP) is -2.26. The van der Waals surface area contributed by atoms with Crippen LogP contribution in [0.15, 0.2) is 0 Å². The van der Waals surface area contributed by atoms with Crippen LogP contribution in [0.25, 0.3) is 0 Å². The first kappa shape index (κ1) is 8.94. The number of hydrogen-bond donors (Lipinski definition) is 3. The summed E-state index contributed by atoms with van der Waals surface area (Å²) in [5.74, 6) is 14.0. The van der Waals surface area contributed by atoms with E-state index >= 15 is 0 Å². The van der Waals surface area contributed by atoms with Crippen molar-refractivity contribution in [2.45, 2.75) is 0 Å². The summed E-state index contributed by atoms with van der Waals surface area (Å²) in [6, 6.07) is 0. The van der Waals surface area contributed by atoms with Gasteiger partial charge in [-0.3, -0.25) is 13.6 Å². The van der Waals surface area contributed by atoms with Crippen molar-refractivity contribution < 1.29 is 18.0 Å². The maximum Gasteiger partial charge on any atom is 0.730 e. The molecule has 0 aromatic rings. The second-order valence-electron chi connectivity index (χ2n) is 1.06. The SMILES string of the molecule is CO[Si](ON)(ON)ON. The summed E-state index contributed by atoms with van der Waals surface area (Å²) >= 11 is 0. The van der Waals surface area contributed by atoms with Crippen molar-refractivity contribution in [1.29, 1.82) is 0 Å². The van der Waals surface area contributed by atoms with Gasteiger partial charge in [-0.2, -0.15) is 0 Å². The molecule has 0 aromatic carbocycles. The predicted molar refractivity (Wildman–Crippen MR) is 28.6 cm³/mol. The van der Waals surface area contributed by atoms with E-state index in [4.69, 9.17) is 0 Å². The van der Waals surface area contributed by atoms with Gasteiger partial charge in [-0.05, 0) is 0 Å². The van der Waals surface area contributed by atoms with Gasteiger partial charge in [-0.25, -0.2) is 17.7 Å². The molecule has 0 fully saturated rings. The fourth-order valence-electron chi connectivity index (χ4n) is 0.228. The van der Waals surface area contributed by atoms with Gasteiger partial charge in [-0.15, -0.1) is 0 Å². The fourth-order valence-corrected chi connectivity index (χ4v) is 0.683. The second kappa shape index (κ2) is 3.87. The maximum absolute atomic E-state index is 4.67. The molecule has 0 radical (unpaired) electrons. The standard InChI is InChI=1S/CH9N3O4Si/c1-5-9(6-2,7-3)8-4/h2-4H2,1H3. The normalized spacial score (nSPS) is 12.0. The lowest BCUT2D eigenvalue weighted by molar-refractivity contribution is -0.0250. The summed E-state index contributed by atoms with van der Waals surface area (Å²) in [7, 11) is -2.11. The zero-order valence-electron chi connectivity index (χ0n) is 4.87. The molecule has 0 amide bonds. The van der Waals surface area contributed by atoms with Crippen molar-refractivity contribution in [3.63, 3.8) is 0 Å². The first-order valence-corrected chi connectivity index (χ1v) is 3.56. The molecule has 0 aromatic heterocycles. The van der Waals surface area contributed by atoms with Crippen LogP contribution in [-0.2, 0) is 18.0 Å². The molecule has 0 saturated heterocycles. The molecule has 0 rings (SSSR count). The van der Waals surface area contributed by atoms with E-state index in [1.165, 1.54) is 7.11 Å². The van der Waals surface area contributed by atoms with Gasteiger partial charge in [0.25, 0.3) is 0 Å². The average molecular weight is 155 g/mol. The molecule has 6 N–H and O–H groups in total. The Morgan fingerprint density at radius 3 is 1.33 bits per heavy atom. The summed E-state index contributed by atoms with van der Waals surface area (Å²) in [6.45, 7) is 0. The quantitative estimate of drug-likeness (QED) is 0.310. The van der Waals surface area contributed by atoms with Crippen molar-refractivity contribution in [1.82, 2.24) is 0 Å². The van der Waals surface area contributed by atoms with Crippen molar-refractivity contribution in [2.75, 3.05) is 7.11 Å². The molecule has 56 valence electrons. The lowest BCUT2D eigenvalue weighted by atomic mass is 11.8. The van der Waals surface area contributed by atoms with E-state index in [-0.39, 0.29) is 0 Å². The van der Waals surface area contributed by atoms with Crippen LogP contribution in [0, 0.1) is 0 Å². The summed E-state index contributed by atoms with van der Waals surface area (Å²) in [6.07, 6.45) is 0. The Labute approximate surface area is 52.9 Å². The van der Waals surface area contributed by atoms with E-state index in [0.29, 0.717) is 0 Å². The van der Waals surface area contributed by atoms with Crippen LogP contribution >= 0.6 is 0 Å². The van der Waals surface area contributed by atoms with Crippen LogP contribution in [-0.4, -0.2) is 16.2 Å². The third-order valence-electron chi connectivity index (χ3n) is 0.683. The topological polar surface area (TPSA) is 115 Å². The van der Waals surface area contributed by atoms with Crippen molar-refractivity contribution >= 4 is 9.05 Å². The first-order valence-electron chi connectivity index (χ1n) is 1.93. The van der Waals surface area contributed by atoms with Gasteiger partial charge < -0.3 is 4.43 Å². The molecular formula is CH9N3O4Si. The average Bonchev–Trinajstić information content (AvgIpc) is 1.95. The van der Waals surface area contributed by atoms with Gasteiger partial charge >= 0.3 is 9.05 Å². The molecule has 0 aliphatic carbocycles. The summed E-state index contributed by atoms with van der Waals surface area (Å²) in [5.41, 5.74) is 0. The smallest absolute Gasteiger partial charge is 0.352 e. The van der Waals surface area contributed by atoms with Gasteiger partial charge in [0.05, 0.1) is 0 Å². The Bertz CT molecular complexity index is 58.7. The van der Waals surface area contributed by atoms with E-state index in [1.807, 2.05) is 0 Å². The van der Waals surface area contributed by atoms with E-state index < -0.39 is 9.05 Å². The van der Waals surface area contributed by atoms with Gasteiger partial charge in [-0.1, -0.05) is 0 Å². The highest BCUT2D eigenvalue weighted by Crippen LogP contribution is 1.99. The molecule has 0 heterocycles. The summed E-state index contributed by atoms with van der Waals surface area (Å²) in [4.78, 5) is 0. The summed E-state index contributed by atoms with van der Waals surface area (Å²) < 4.78 is 16.8. The Balaban J connectivity index is 3.82. The molecular weight excluding hydrogens is 146 g/mol. The lowest BCUT2D eigenvalue weighted by Crippen LogP contribution is -2.53. The molecule has 7 nitrogen and oxygen atoms in total. The fraction of sp³-hybridized carbons (Fsp3) is 1.00. The number of nitrogens with two attached hydrogens (primary N) is 3. The van der Waals surface area contributed by atoms with Gasteiger partial charge in [0.2, 0.25) is 0 Å². The molecule has 9 heavy (non-hydrogen) atoms. The highest BCUT2D eigenvalue weighted by atomic mass is 28.4. The minimum absolute atomic E-state index is 1.25. The van der Waals surface area contributed by atoms with Gasteiger partial charge in [0.1, 0.15) is 0 Å². The molecule has 8 heteroatoms. The Morgan fingerprint density at radius 1 is 1.00 bits per heavy atom. The van der Waals surface area contributed by atoms with Crippen molar-refractivity contribution in [2.24, 2.45) is 17.7 Å². The molecule has 0 spiro atoms. The molecule has 0 atom stereocenters. The maximum atomic E-state index is 4.67. The minimum atomic E-state index is -3.36. The van der Waals surface area contributed by atoms with E-state index in [1.54, 1.807) is 0 Å². The number of hydrogen-bond acceptors (Lipinski definition) is 7. The second-order valence-corrected chi connectivity index (χ2v) is 3.17. The Hall–Kier alpha value is -0.0631. The van der Waals surface area contributed by atoms with E-state index in [2.05, 4.69) is 35.7 Å². The lowest BCUT2D eigenvalue weighted by Gasteiger charge is -2.17. The third kappa shape index (κ3) is 1.96. The van der Waals surface area contributed by atoms with Crippen molar-refractivity contribution in [3.8, 4) is 0 Å². The van der Waals surface area contributed by atoms with Gasteiger partial charge in [0.15, 0.2) is 0 Å². The Morgan fingerprint density at radius 2 is 1.33 bits per heavy atom. The largest absolute Gasteiger partial charge is 0.730 e. The molecule has 0 aliphatic heterocycles. The van der Waals surface area contributed by atoms with Gasteiger partial charge in [0, 0.05) is 7.11 Å². The van der Waals surface area contributed by atoms with Crippen LogP contribution in [0.4, 0.5) is 0 Å². The molecule has 0 unspecified atom stereocenters. The van der Waals surface area contributed by atoms with Crippen LogP contribution in [0.2, 0.25) is 0 Å². The Kier molecular flexibility index (Phi) is 3.84. The minimum Gasteiger partial charge on any atom is -0.352 e. The van der Waals surface area contributed by atoms with Crippen LogP contribution in [0.1, 0.15) is 0 Å². The van der Waals surface area contributed by atoms with E-state index in [9.17, 15) is 0 Å². The molecule has 0 bridgehead atoms. The zero-order chi connectivity index (χ0) is 7.33. The number of rotatable bonds is 4.